The predicted molar refractivity (Wildman–Crippen MR) is 90.4 cm³/mol. The van der Waals surface area contributed by atoms with Crippen LogP contribution < -0.4 is 16.6 Å². The summed E-state index contributed by atoms with van der Waals surface area (Å²) >= 11 is 1.20. The normalized spacial score (nSPS) is 14.9. The lowest BCUT2D eigenvalue weighted by atomic mass is 10.2. The lowest BCUT2D eigenvalue weighted by Gasteiger charge is -2.13. The van der Waals surface area contributed by atoms with Gasteiger partial charge in [-0.3, -0.25) is 13.9 Å². The molecule has 2 aromatic heterocycles. The Labute approximate surface area is 141 Å². The quantitative estimate of drug-likeness (QED) is 0.905. The van der Waals surface area contributed by atoms with Gasteiger partial charge in [0.05, 0.1) is 11.9 Å². The summed E-state index contributed by atoms with van der Waals surface area (Å²) in [5, 5.41) is 3.08. The van der Waals surface area contributed by atoms with Crippen molar-refractivity contribution < 1.29 is 9.18 Å². The number of aryl methyl sites for hydroxylation is 1. The highest BCUT2D eigenvalue weighted by Gasteiger charge is 2.25. The summed E-state index contributed by atoms with van der Waals surface area (Å²) in [5.41, 5.74) is -0.339. The molecule has 1 fully saturated rings. The first kappa shape index (κ1) is 16.7. The molecule has 7 nitrogen and oxygen atoms in total. The van der Waals surface area contributed by atoms with E-state index in [1.807, 2.05) is 0 Å². The Morgan fingerprint density at radius 3 is 2.54 bits per heavy atom. The van der Waals surface area contributed by atoms with Crippen LogP contribution in [-0.2, 0) is 13.3 Å². The number of aromatic nitrogens is 2. The van der Waals surface area contributed by atoms with Crippen molar-refractivity contribution in [3.63, 3.8) is 0 Å². The summed E-state index contributed by atoms with van der Waals surface area (Å²) < 4.78 is 15.5. The van der Waals surface area contributed by atoms with Gasteiger partial charge in [-0.05, 0) is 26.3 Å². The molecule has 0 saturated carbocycles. The Morgan fingerprint density at radius 2 is 2.00 bits per heavy atom. The van der Waals surface area contributed by atoms with Gasteiger partial charge in [-0.1, -0.05) is 0 Å². The van der Waals surface area contributed by atoms with Crippen molar-refractivity contribution in [3.8, 4) is 0 Å². The van der Waals surface area contributed by atoms with Crippen molar-refractivity contribution in [1.82, 2.24) is 19.4 Å². The van der Waals surface area contributed by atoms with Crippen molar-refractivity contribution in [2.24, 2.45) is 0 Å². The molecule has 2 aromatic rings. The molecule has 0 spiro atoms. The minimum atomic E-state index is -0.994. The van der Waals surface area contributed by atoms with Crippen LogP contribution in [0.4, 0.5) is 9.18 Å². The maximum atomic E-state index is 13.5. The third-order valence-corrected chi connectivity index (χ3v) is 5.56. The maximum Gasteiger partial charge on any atom is 0.334 e. The molecule has 1 aliphatic heterocycles. The number of carbonyl (C=O) groups is 1. The number of amides is 2. The van der Waals surface area contributed by atoms with Gasteiger partial charge in [0.15, 0.2) is 6.80 Å². The number of fused-ring (bicyclic) bond motifs is 1. The van der Waals surface area contributed by atoms with Crippen molar-refractivity contribution in [1.29, 1.82) is 0 Å². The van der Waals surface area contributed by atoms with Crippen molar-refractivity contribution in [2.45, 2.75) is 40.2 Å². The molecular weight excluding hydrogens is 335 g/mol. The molecule has 0 unspecified atom stereocenters. The second-order valence-corrected chi connectivity index (χ2v) is 7.17. The lowest BCUT2D eigenvalue weighted by Crippen LogP contribution is -2.40. The molecule has 1 aliphatic rings. The monoisotopic (exact) mass is 354 g/mol. The van der Waals surface area contributed by atoms with Gasteiger partial charge in [-0.25, -0.2) is 14.0 Å². The number of alkyl halides is 1. The third kappa shape index (κ3) is 2.43. The topological polar surface area (TPSA) is 76.3 Å². The molecule has 0 aromatic carbocycles. The van der Waals surface area contributed by atoms with Gasteiger partial charge in [0.1, 0.15) is 4.83 Å². The van der Waals surface area contributed by atoms with Crippen LogP contribution in [0, 0.1) is 6.92 Å². The maximum absolute atomic E-state index is 13.5. The minimum Gasteiger partial charge on any atom is -0.336 e. The fourth-order valence-corrected chi connectivity index (χ4v) is 4.25. The van der Waals surface area contributed by atoms with Crippen LogP contribution in [-0.4, -0.2) is 33.2 Å². The second-order valence-electron chi connectivity index (χ2n) is 6.08. The van der Waals surface area contributed by atoms with E-state index in [-0.39, 0.29) is 12.1 Å². The molecule has 3 heterocycles. The summed E-state index contributed by atoms with van der Waals surface area (Å²) in [4.78, 5) is 39.6. The third-order valence-electron chi connectivity index (χ3n) is 4.26. The molecule has 1 N–H and O–H groups in total. The first-order chi connectivity index (χ1) is 11.4. The smallest absolute Gasteiger partial charge is 0.334 e. The molecule has 0 bridgehead atoms. The van der Waals surface area contributed by atoms with Gasteiger partial charge >= 0.3 is 11.7 Å². The van der Waals surface area contributed by atoms with Crippen LogP contribution in [0.15, 0.2) is 9.59 Å². The highest BCUT2D eigenvalue weighted by molar-refractivity contribution is 7.18. The number of rotatable bonds is 4. The van der Waals surface area contributed by atoms with Gasteiger partial charge in [0.25, 0.3) is 5.56 Å². The van der Waals surface area contributed by atoms with Crippen LogP contribution in [0.5, 0.6) is 0 Å². The zero-order chi connectivity index (χ0) is 17.6. The Bertz CT molecular complexity index is 927. The SMILES string of the molecule is Cc1c(CN2CCNC2=O)sc2c1c(=O)n(C(C)C)c(=O)n2CF. The van der Waals surface area contributed by atoms with Gasteiger partial charge in [0.2, 0.25) is 0 Å². The van der Waals surface area contributed by atoms with Crippen LogP contribution >= 0.6 is 11.3 Å². The number of urea groups is 1. The number of nitrogens with zero attached hydrogens (tertiary/aromatic N) is 3. The number of carbonyl (C=O) groups excluding carboxylic acids is 1. The zero-order valence-electron chi connectivity index (χ0n) is 13.8. The molecule has 0 radical (unpaired) electrons. The molecule has 24 heavy (non-hydrogen) atoms. The van der Waals surface area contributed by atoms with Crippen LogP contribution in [0.25, 0.3) is 10.2 Å². The fraction of sp³-hybridized carbons (Fsp3) is 0.533. The van der Waals surface area contributed by atoms with Gasteiger partial charge in [-0.2, -0.15) is 0 Å². The minimum absolute atomic E-state index is 0.158. The molecular formula is C15H19FN4O3S. The van der Waals surface area contributed by atoms with Gasteiger partial charge in [0, 0.05) is 24.0 Å². The summed E-state index contributed by atoms with van der Waals surface area (Å²) in [7, 11) is 0. The lowest BCUT2D eigenvalue weighted by molar-refractivity contribution is 0.216. The first-order valence-electron chi connectivity index (χ1n) is 7.72. The Kier molecular flexibility index (Phi) is 4.20. The number of thiophene rings is 1. The van der Waals surface area contributed by atoms with E-state index in [2.05, 4.69) is 5.32 Å². The molecule has 1 saturated heterocycles. The van der Waals surface area contributed by atoms with Crippen LogP contribution in [0.2, 0.25) is 0 Å². The fourth-order valence-electron chi connectivity index (χ4n) is 2.96. The average molecular weight is 354 g/mol. The first-order valence-corrected chi connectivity index (χ1v) is 8.54. The van der Waals surface area contributed by atoms with E-state index in [4.69, 9.17) is 0 Å². The van der Waals surface area contributed by atoms with Crippen LogP contribution in [0.1, 0.15) is 30.3 Å². The van der Waals surface area contributed by atoms with E-state index in [0.717, 1.165) is 14.0 Å². The molecule has 9 heteroatoms. The van der Waals surface area contributed by atoms with E-state index >= 15 is 0 Å². The number of nitrogens with one attached hydrogen (secondary N) is 1. The Hall–Kier alpha value is -2.16. The predicted octanol–water partition coefficient (Wildman–Crippen LogP) is 1.57. The molecule has 0 aliphatic carbocycles. The van der Waals surface area contributed by atoms with E-state index in [0.29, 0.717) is 35.4 Å². The Balaban J connectivity index is 2.24. The second kappa shape index (κ2) is 6.04. The largest absolute Gasteiger partial charge is 0.336 e. The zero-order valence-corrected chi connectivity index (χ0v) is 14.6. The van der Waals surface area contributed by atoms with Crippen molar-refractivity contribution in [2.75, 3.05) is 13.1 Å². The number of hydrogen-bond acceptors (Lipinski definition) is 4. The number of hydrogen-bond donors (Lipinski definition) is 1. The summed E-state index contributed by atoms with van der Waals surface area (Å²) in [6.45, 7) is 5.73. The van der Waals surface area contributed by atoms with E-state index in [1.54, 1.807) is 25.7 Å². The summed E-state index contributed by atoms with van der Waals surface area (Å²) in [6.07, 6.45) is 0. The highest BCUT2D eigenvalue weighted by atomic mass is 32.1. The van der Waals surface area contributed by atoms with Crippen molar-refractivity contribution in [3.05, 3.63) is 31.3 Å². The number of halogens is 1. The molecule has 130 valence electrons. The van der Waals surface area contributed by atoms with Crippen molar-refractivity contribution >= 4 is 27.6 Å². The summed E-state index contributed by atoms with van der Waals surface area (Å²) in [5.74, 6) is 0. The standard InChI is InChI=1S/C15H19FN4O3S/c1-8(2)20-12(21)11-9(3)10(6-18-5-4-17-14(18)22)24-13(11)19(7-16)15(20)23/h8H,4-7H2,1-3H3,(H,17,22). The molecule has 3 rings (SSSR count). The van der Waals surface area contributed by atoms with E-state index < -0.39 is 18.0 Å². The Morgan fingerprint density at radius 1 is 1.29 bits per heavy atom. The van der Waals surface area contributed by atoms with Gasteiger partial charge < -0.3 is 10.2 Å². The highest BCUT2D eigenvalue weighted by Crippen LogP contribution is 2.29. The average Bonchev–Trinajstić information content (AvgIpc) is 3.04. The van der Waals surface area contributed by atoms with Gasteiger partial charge in [-0.15, -0.1) is 11.3 Å². The van der Waals surface area contributed by atoms with Crippen LogP contribution in [0.3, 0.4) is 0 Å². The summed E-state index contributed by atoms with van der Waals surface area (Å²) in [6, 6.07) is -0.520. The van der Waals surface area contributed by atoms with E-state index in [9.17, 15) is 18.8 Å². The molecule has 0 atom stereocenters. The molecule has 2 amide bonds. The van der Waals surface area contributed by atoms with E-state index in [1.165, 1.54) is 11.3 Å².